The molecule has 2 unspecified atom stereocenters. The Bertz CT molecular complexity index is 153. The third-order valence-electron chi connectivity index (χ3n) is 2.39. The summed E-state index contributed by atoms with van der Waals surface area (Å²) in [6.45, 7) is 0. The van der Waals surface area contributed by atoms with Crippen molar-refractivity contribution in [3.05, 3.63) is 0 Å². The second-order valence-electron chi connectivity index (χ2n) is 2.90. The van der Waals surface area contributed by atoms with Gasteiger partial charge in [0.15, 0.2) is 5.78 Å². The van der Waals surface area contributed by atoms with Crippen LogP contribution in [0.1, 0.15) is 19.3 Å². The van der Waals surface area contributed by atoms with Crippen molar-refractivity contribution in [3.63, 3.8) is 0 Å². The van der Waals surface area contributed by atoms with E-state index in [9.17, 15) is 4.79 Å². The van der Waals surface area contributed by atoms with Crippen LogP contribution in [0.3, 0.4) is 0 Å². The van der Waals surface area contributed by atoms with E-state index in [1.165, 1.54) is 0 Å². The summed E-state index contributed by atoms with van der Waals surface area (Å²) in [5, 5.41) is 0. The van der Waals surface area contributed by atoms with Gasteiger partial charge >= 0.3 is 0 Å². The van der Waals surface area contributed by atoms with Gasteiger partial charge in [-0.15, -0.1) is 0 Å². The maximum absolute atomic E-state index is 10.8. The Hall–Kier alpha value is -0.370. The number of carbonyl (C=O) groups excluding carboxylic acids is 1. The molecule has 2 N–H and O–H groups in total. The van der Waals surface area contributed by atoms with Crippen LogP contribution in [0.5, 0.6) is 0 Å². The number of fused-ring (bicyclic) bond motifs is 1. The first kappa shape index (κ1) is 4.50. The number of ketones is 1. The smallest absolute Gasteiger partial charge is 0.152 e. The first-order valence-corrected chi connectivity index (χ1v) is 3.06. The standard InChI is InChI=1S/C6H9NO/c7-6-3-4(6)1-2-5(6)8/h4H,1-3,7H2. The lowest BCUT2D eigenvalue weighted by molar-refractivity contribution is -0.119. The Morgan fingerprint density at radius 2 is 2.50 bits per heavy atom. The van der Waals surface area contributed by atoms with Crippen molar-refractivity contribution in [3.8, 4) is 0 Å². The molecule has 0 aromatic carbocycles. The fourth-order valence-electron chi connectivity index (χ4n) is 1.59. The highest BCUT2D eigenvalue weighted by Crippen LogP contribution is 2.51. The maximum atomic E-state index is 10.8. The van der Waals surface area contributed by atoms with Crippen LogP contribution in [-0.4, -0.2) is 11.3 Å². The number of Topliss-reactive ketones (excluding diaryl/α,β-unsaturated/α-hetero) is 1. The van der Waals surface area contributed by atoms with Crippen LogP contribution in [0, 0.1) is 5.92 Å². The van der Waals surface area contributed by atoms with Crippen LogP contribution < -0.4 is 5.73 Å². The van der Waals surface area contributed by atoms with Crippen LogP contribution in [0.15, 0.2) is 0 Å². The highest BCUT2D eigenvalue weighted by Gasteiger charge is 2.60. The predicted octanol–water partition coefficient (Wildman–Crippen LogP) is 0.0667. The Labute approximate surface area is 48.1 Å². The zero-order valence-electron chi connectivity index (χ0n) is 4.68. The molecule has 2 nitrogen and oxygen atoms in total. The van der Waals surface area contributed by atoms with Crippen molar-refractivity contribution in [2.45, 2.75) is 24.8 Å². The summed E-state index contributed by atoms with van der Waals surface area (Å²) in [6, 6.07) is 0. The molecule has 2 heteroatoms. The van der Waals surface area contributed by atoms with Gasteiger partial charge in [-0.25, -0.2) is 0 Å². The molecule has 44 valence electrons. The Balaban J connectivity index is 2.31. The quantitative estimate of drug-likeness (QED) is 0.480. The van der Waals surface area contributed by atoms with Gasteiger partial charge in [0.1, 0.15) is 0 Å². The number of hydrogen-bond donors (Lipinski definition) is 1. The molecule has 0 aromatic rings. The van der Waals surface area contributed by atoms with Gasteiger partial charge < -0.3 is 5.73 Å². The average Bonchev–Trinajstić information content (AvgIpc) is 2.31. The van der Waals surface area contributed by atoms with E-state index in [2.05, 4.69) is 0 Å². The molecule has 2 saturated carbocycles. The monoisotopic (exact) mass is 111 g/mol. The van der Waals surface area contributed by atoms with Crippen molar-refractivity contribution in [1.82, 2.24) is 0 Å². The van der Waals surface area contributed by atoms with Gasteiger partial charge in [-0.2, -0.15) is 0 Å². The molecule has 2 aliphatic rings. The van der Waals surface area contributed by atoms with Crippen LogP contribution in [0.25, 0.3) is 0 Å². The minimum Gasteiger partial charge on any atom is -0.319 e. The van der Waals surface area contributed by atoms with Gasteiger partial charge in [0.2, 0.25) is 0 Å². The summed E-state index contributed by atoms with van der Waals surface area (Å²) in [5.41, 5.74) is 5.33. The molecule has 2 fully saturated rings. The van der Waals surface area contributed by atoms with Gasteiger partial charge in [0.05, 0.1) is 5.54 Å². The van der Waals surface area contributed by atoms with Crippen LogP contribution in [0.4, 0.5) is 0 Å². The fraction of sp³-hybridized carbons (Fsp3) is 0.833. The minimum atomic E-state index is -0.319. The van der Waals surface area contributed by atoms with Crippen molar-refractivity contribution in [2.24, 2.45) is 11.7 Å². The van der Waals surface area contributed by atoms with Gasteiger partial charge in [-0.1, -0.05) is 0 Å². The normalized spacial score (nSPS) is 51.6. The van der Waals surface area contributed by atoms with Gasteiger partial charge in [0, 0.05) is 6.42 Å². The fourth-order valence-corrected chi connectivity index (χ4v) is 1.59. The third-order valence-corrected chi connectivity index (χ3v) is 2.39. The summed E-state index contributed by atoms with van der Waals surface area (Å²) < 4.78 is 0. The minimum absolute atomic E-state index is 0.294. The van der Waals surface area contributed by atoms with E-state index < -0.39 is 0 Å². The topological polar surface area (TPSA) is 43.1 Å². The van der Waals surface area contributed by atoms with E-state index in [0.29, 0.717) is 11.7 Å². The van der Waals surface area contributed by atoms with Crippen molar-refractivity contribution < 1.29 is 4.79 Å². The van der Waals surface area contributed by atoms with E-state index in [-0.39, 0.29) is 5.54 Å². The van der Waals surface area contributed by atoms with Crippen LogP contribution in [0.2, 0.25) is 0 Å². The zero-order chi connectivity index (χ0) is 5.78. The molecule has 2 aliphatic carbocycles. The number of rotatable bonds is 0. The molecule has 8 heavy (non-hydrogen) atoms. The number of hydrogen-bond acceptors (Lipinski definition) is 2. The van der Waals surface area contributed by atoms with Crippen LogP contribution in [-0.2, 0) is 4.79 Å². The Kier molecular flexibility index (Phi) is 0.553. The molecule has 0 bridgehead atoms. The molecular weight excluding hydrogens is 102 g/mol. The second-order valence-corrected chi connectivity index (χ2v) is 2.90. The predicted molar refractivity (Wildman–Crippen MR) is 29.3 cm³/mol. The molecular formula is C6H9NO. The van der Waals surface area contributed by atoms with Crippen molar-refractivity contribution in [2.75, 3.05) is 0 Å². The SMILES string of the molecule is NC12CC1CCC2=O. The molecule has 0 aromatic heterocycles. The lowest BCUT2D eigenvalue weighted by Gasteiger charge is -1.97. The summed E-state index contributed by atoms with van der Waals surface area (Å²) in [4.78, 5) is 10.8. The lowest BCUT2D eigenvalue weighted by Crippen LogP contribution is -2.30. The van der Waals surface area contributed by atoms with E-state index in [1.807, 2.05) is 0 Å². The third kappa shape index (κ3) is 0.313. The van der Waals surface area contributed by atoms with E-state index in [1.54, 1.807) is 0 Å². The largest absolute Gasteiger partial charge is 0.319 e. The van der Waals surface area contributed by atoms with Crippen molar-refractivity contribution >= 4 is 5.78 Å². The average molecular weight is 111 g/mol. The maximum Gasteiger partial charge on any atom is 0.152 e. The first-order chi connectivity index (χ1) is 3.73. The Morgan fingerprint density at radius 1 is 1.75 bits per heavy atom. The number of carbonyl (C=O) groups is 1. The number of nitrogens with two attached hydrogens (primary N) is 1. The molecule has 2 rings (SSSR count). The first-order valence-electron chi connectivity index (χ1n) is 3.06. The summed E-state index contributed by atoms with van der Waals surface area (Å²) in [7, 11) is 0. The van der Waals surface area contributed by atoms with Crippen molar-refractivity contribution in [1.29, 1.82) is 0 Å². The lowest BCUT2D eigenvalue weighted by atomic mass is 10.2. The highest BCUT2D eigenvalue weighted by molar-refractivity contribution is 5.94. The molecule has 0 heterocycles. The molecule has 2 atom stereocenters. The van der Waals surface area contributed by atoms with Gasteiger partial charge in [-0.05, 0) is 18.8 Å². The summed E-state index contributed by atoms with van der Waals surface area (Å²) in [5.74, 6) is 0.859. The second kappa shape index (κ2) is 0.982. The van der Waals surface area contributed by atoms with Crippen LogP contribution >= 0.6 is 0 Å². The molecule has 0 saturated heterocycles. The summed E-state index contributed by atoms with van der Waals surface area (Å²) >= 11 is 0. The van der Waals surface area contributed by atoms with Gasteiger partial charge in [0.25, 0.3) is 0 Å². The summed E-state index contributed by atoms with van der Waals surface area (Å²) in [6.07, 6.45) is 2.75. The Morgan fingerprint density at radius 3 is 2.62 bits per heavy atom. The molecule has 0 spiro atoms. The molecule has 0 amide bonds. The van der Waals surface area contributed by atoms with E-state index in [0.717, 1.165) is 19.3 Å². The highest BCUT2D eigenvalue weighted by atomic mass is 16.1. The van der Waals surface area contributed by atoms with E-state index >= 15 is 0 Å². The van der Waals surface area contributed by atoms with E-state index in [4.69, 9.17) is 5.73 Å². The molecule has 0 aliphatic heterocycles. The zero-order valence-corrected chi connectivity index (χ0v) is 4.68. The molecule has 0 radical (unpaired) electrons. The van der Waals surface area contributed by atoms with Gasteiger partial charge in [-0.3, -0.25) is 4.79 Å².